The van der Waals surface area contributed by atoms with E-state index in [0.29, 0.717) is 0 Å². The SMILES string of the molecule is CN1C(=CC=CC=C(Br)C=CC=CC2=[N+](C)c3ccc4ccccc4c3C2(C)Cc2ccccc2)C(C)(Cc2ccccc2)c2c1ccc1ccccc21. The topological polar surface area (TPSA) is 6.25 Å². The molecular formula is C51H46BrN2+. The van der Waals surface area contributed by atoms with Crippen LogP contribution in [0.25, 0.3) is 21.5 Å². The molecule has 2 atom stereocenters. The first-order chi connectivity index (χ1) is 26.3. The summed E-state index contributed by atoms with van der Waals surface area (Å²) in [5.41, 5.74) is 10.3. The van der Waals surface area contributed by atoms with Gasteiger partial charge in [0.25, 0.3) is 0 Å². The van der Waals surface area contributed by atoms with Gasteiger partial charge in [-0.1, -0.05) is 155 Å². The third-order valence-electron chi connectivity index (χ3n) is 11.5. The molecule has 3 heteroatoms. The monoisotopic (exact) mass is 765 g/mol. The normalized spacial score (nSPS) is 20.8. The minimum atomic E-state index is -0.186. The number of anilines is 1. The van der Waals surface area contributed by atoms with Crippen LogP contribution in [0.2, 0.25) is 0 Å². The highest BCUT2D eigenvalue weighted by Crippen LogP contribution is 2.52. The summed E-state index contributed by atoms with van der Waals surface area (Å²) in [6, 6.07) is 48.4. The Labute approximate surface area is 328 Å². The number of nitrogens with zero attached hydrogens (tertiary/aromatic N) is 2. The zero-order valence-electron chi connectivity index (χ0n) is 31.5. The molecule has 0 aliphatic carbocycles. The third kappa shape index (κ3) is 6.41. The number of halogens is 1. The largest absolute Gasteiger partial charge is 0.347 e. The highest BCUT2D eigenvalue weighted by Gasteiger charge is 2.48. The summed E-state index contributed by atoms with van der Waals surface area (Å²) in [5, 5.41) is 5.22. The van der Waals surface area contributed by atoms with Gasteiger partial charge in [-0.05, 0) is 95.3 Å². The molecule has 0 radical (unpaired) electrons. The van der Waals surface area contributed by atoms with E-state index >= 15 is 0 Å². The molecule has 0 aromatic heterocycles. The molecule has 2 unspecified atom stereocenters. The Morgan fingerprint density at radius 1 is 0.630 bits per heavy atom. The zero-order valence-corrected chi connectivity index (χ0v) is 33.1. The molecule has 0 spiro atoms. The zero-order chi connectivity index (χ0) is 37.3. The summed E-state index contributed by atoms with van der Waals surface area (Å²) < 4.78 is 3.39. The van der Waals surface area contributed by atoms with E-state index in [1.54, 1.807) is 0 Å². The Morgan fingerprint density at radius 3 is 1.87 bits per heavy atom. The van der Waals surface area contributed by atoms with Crippen LogP contribution in [0.4, 0.5) is 11.4 Å². The van der Waals surface area contributed by atoms with Gasteiger partial charge in [0.05, 0.1) is 5.41 Å². The summed E-state index contributed by atoms with van der Waals surface area (Å²) >= 11 is 3.80. The van der Waals surface area contributed by atoms with Crippen LogP contribution in [0, 0.1) is 0 Å². The van der Waals surface area contributed by atoms with E-state index in [0.717, 1.165) is 17.3 Å². The second kappa shape index (κ2) is 14.7. The average Bonchev–Trinajstić information content (AvgIpc) is 3.54. The second-order valence-corrected chi connectivity index (χ2v) is 16.0. The Bertz CT molecular complexity index is 2550. The lowest BCUT2D eigenvalue weighted by molar-refractivity contribution is -0.401. The van der Waals surface area contributed by atoms with Crippen LogP contribution >= 0.6 is 15.9 Å². The first-order valence-electron chi connectivity index (χ1n) is 18.8. The molecule has 2 heterocycles. The maximum Gasteiger partial charge on any atom is 0.210 e. The molecule has 0 N–H and O–H groups in total. The molecule has 0 saturated carbocycles. The molecule has 0 saturated heterocycles. The number of fused-ring (bicyclic) bond motifs is 6. The van der Waals surface area contributed by atoms with E-state index in [9.17, 15) is 0 Å². The molecule has 266 valence electrons. The Kier molecular flexibility index (Phi) is 9.68. The van der Waals surface area contributed by atoms with Crippen LogP contribution in [0.5, 0.6) is 0 Å². The number of hydrogen-bond donors (Lipinski definition) is 0. The van der Waals surface area contributed by atoms with E-state index < -0.39 is 0 Å². The summed E-state index contributed by atoms with van der Waals surface area (Å²) in [6.07, 6.45) is 19.3. The van der Waals surface area contributed by atoms with Gasteiger partial charge < -0.3 is 4.90 Å². The molecule has 2 aliphatic rings. The number of likely N-dealkylation sites (N-methyl/N-ethyl adjacent to an activating group) is 1. The fourth-order valence-corrected chi connectivity index (χ4v) is 9.40. The molecule has 2 aliphatic heterocycles. The van der Waals surface area contributed by atoms with Crippen LogP contribution in [0.1, 0.15) is 36.1 Å². The summed E-state index contributed by atoms with van der Waals surface area (Å²) in [5.74, 6) is 0. The average molecular weight is 767 g/mol. The fourth-order valence-electron chi connectivity index (χ4n) is 9.10. The highest BCUT2D eigenvalue weighted by molar-refractivity contribution is 9.11. The van der Waals surface area contributed by atoms with E-state index in [4.69, 9.17) is 0 Å². The highest BCUT2D eigenvalue weighted by atomic mass is 79.9. The van der Waals surface area contributed by atoms with Crippen LogP contribution in [0.15, 0.2) is 192 Å². The van der Waals surface area contributed by atoms with Gasteiger partial charge in [0.15, 0.2) is 5.71 Å². The standard InChI is InChI=1S/C51H46BrN2/c1-50(35-37-19-7-5-8-20-37)46(53(3)44-33-31-39-23-11-15-27-42(39)48(44)50)29-17-13-25-41(52)26-14-18-30-47-51(2,36-38-21-9-6-10-22-38)49-43-28-16-12-24-40(43)32-34-45(49)54(47)4/h5-34H,35-36H2,1-4H3/q+1. The van der Waals surface area contributed by atoms with Crippen LogP contribution in [0.3, 0.4) is 0 Å². The van der Waals surface area contributed by atoms with Crippen molar-refractivity contribution < 1.29 is 4.58 Å². The van der Waals surface area contributed by atoms with Crippen molar-refractivity contribution in [3.8, 4) is 0 Å². The van der Waals surface area contributed by atoms with Crippen molar-refractivity contribution in [2.24, 2.45) is 0 Å². The number of allylic oxidation sites excluding steroid dienone is 10. The van der Waals surface area contributed by atoms with Crippen molar-refractivity contribution in [1.29, 1.82) is 0 Å². The predicted molar refractivity (Wildman–Crippen MR) is 235 cm³/mol. The van der Waals surface area contributed by atoms with Crippen LogP contribution < -0.4 is 4.90 Å². The lowest BCUT2D eigenvalue weighted by Gasteiger charge is -2.29. The van der Waals surface area contributed by atoms with E-state index in [1.165, 1.54) is 66.6 Å². The van der Waals surface area contributed by atoms with Crippen molar-refractivity contribution in [1.82, 2.24) is 0 Å². The van der Waals surface area contributed by atoms with Gasteiger partial charge in [-0.15, -0.1) is 0 Å². The molecule has 6 aromatic rings. The van der Waals surface area contributed by atoms with Crippen molar-refractivity contribution in [3.63, 3.8) is 0 Å². The molecule has 8 rings (SSSR count). The van der Waals surface area contributed by atoms with Crippen LogP contribution in [-0.4, -0.2) is 24.4 Å². The smallest absolute Gasteiger partial charge is 0.210 e. The molecule has 0 amide bonds. The van der Waals surface area contributed by atoms with Gasteiger partial charge in [-0.3, -0.25) is 0 Å². The Morgan fingerprint density at radius 2 is 1.20 bits per heavy atom. The minimum absolute atomic E-state index is 0.186. The Hall–Kier alpha value is -5.51. The molecule has 0 bridgehead atoms. The fraction of sp³-hybridized carbons (Fsp3) is 0.157. The first-order valence-corrected chi connectivity index (χ1v) is 19.6. The predicted octanol–water partition coefficient (Wildman–Crippen LogP) is 12.7. The first kappa shape index (κ1) is 35.5. The van der Waals surface area contributed by atoms with E-state index in [1.807, 2.05) is 0 Å². The van der Waals surface area contributed by atoms with E-state index in [2.05, 4.69) is 235 Å². The van der Waals surface area contributed by atoms with Crippen molar-refractivity contribution in [2.75, 3.05) is 19.0 Å². The lowest BCUT2D eigenvalue weighted by atomic mass is 9.73. The number of rotatable bonds is 9. The van der Waals surface area contributed by atoms with Gasteiger partial charge in [0.2, 0.25) is 5.69 Å². The van der Waals surface area contributed by atoms with Crippen molar-refractivity contribution in [3.05, 3.63) is 215 Å². The van der Waals surface area contributed by atoms with Gasteiger partial charge in [-0.25, -0.2) is 0 Å². The quantitative estimate of drug-likeness (QED) is 0.105. The second-order valence-electron chi connectivity index (χ2n) is 15.1. The van der Waals surface area contributed by atoms with Gasteiger partial charge in [0.1, 0.15) is 7.05 Å². The lowest BCUT2D eigenvalue weighted by Crippen LogP contribution is -2.33. The summed E-state index contributed by atoms with van der Waals surface area (Å²) in [6.45, 7) is 4.81. The van der Waals surface area contributed by atoms with Gasteiger partial charge in [-0.2, -0.15) is 4.58 Å². The maximum atomic E-state index is 3.80. The number of benzene rings is 6. The van der Waals surface area contributed by atoms with Gasteiger partial charge in [0, 0.05) is 46.0 Å². The summed E-state index contributed by atoms with van der Waals surface area (Å²) in [4.78, 5) is 2.38. The molecule has 2 nitrogen and oxygen atoms in total. The molecular weight excluding hydrogens is 720 g/mol. The van der Waals surface area contributed by atoms with E-state index in [-0.39, 0.29) is 10.8 Å². The van der Waals surface area contributed by atoms with Crippen LogP contribution in [-0.2, 0) is 23.7 Å². The molecule has 0 fully saturated rings. The van der Waals surface area contributed by atoms with Crippen molar-refractivity contribution in [2.45, 2.75) is 37.5 Å². The third-order valence-corrected chi connectivity index (χ3v) is 12.1. The Balaban J connectivity index is 1.05. The van der Waals surface area contributed by atoms with Gasteiger partial charge >= 0.3 is 0 Å². The molecule has 54 heavy (non-hydrogen) atoms. The molecule has 6 aromatic carbocycles. The van der Waals surface area contributed by atoms with Crippen molar-refractivity contribution >= 4 is 54.6 Å². The maximum absolute atomic E-state index is 3.80. The number of hydrogen-bond acceptors (Lipinski definition) is 1. The summed E-state index contributed by atoms with van der Waals surface area (Å²) in [7, 11) is 4.41. The minimum Gasteiger partial charge on any atom is -0.347 e.